The molecule has 2 saturated heterocycles. The number of aromatic amines is 1. The Kier molecular flexibility index (Phi) is 5.79. The van der Waals surface area contributed by atoms with Gasteiger partial charge >= 0.3 is 6.09 Å². The van der Waals surface area contributed by atoms with E-state index in [2.05, 4.69) is 22.1 Å². The first-order valence-electron chi connectivity index (χ1n) is 11.4. The van der Waals surface area contributed by atoms with Crippen LogP contribution in [-0.2, 0) is 22.4 Å². The minimum Gasteiger partial charge on any atom is -0.447 e. The number of imidazole rings is 1. The van der Waals surface area contributed by atoms with Crippen LogP contribution in [0.3, 0.4) is 0 Å². The number of carbonyl (C=O) groups excluding carboxylic acids is 2. The minimum atomic E-state index is -0.222. The molecule has 1 aromatic heterocycles. The van der Waals surface area contributed by atoms with E-state index in [1.54, 1.807) is 0 Å². The molecule has 0 aliphatic carbocycles. The zero-order valence-corrected chi connectivity index (χ0v) is 18.1. The molecule has 2 aromatic carbocycles. The molecule has 2 aliphatic rings. The molecule has 1 N–H and O–H groups in total. The summed E-state index contributed by atoms with van der Waals surface area (Å²) < 4.78 is 5.39. The maximum Gasteiger partial charge on any atom is 0.410 e. The van der Waals surface area contributed by atoms with E-state index in [1.165, 1.54) is 5.56 Å². The van der Waals surface area contributed by atoms with E-state index in [0.29, 0.717) is 32.5 Å². The number of aromatic nitrogens is 2. The van der Waals surface area contributed by atoms with Crippen molar-refractivity contribution in [2.45, 2.75) is 44.2 Å². The Morgan fingerprint density at radius 2 is 1.81 bits per heavy atom. The first-order valence-corrected chi connectivity index (χ1v) is 11.4. The number of nitrogens with zero attached hydrogens (tertiary/aromatic N) is 3. The second kappa shape index (κ2) is 9.02. The number of benzene rings is 2. The summed E-state index contributed by atoms with van der Waals surface area (Å²) in [5, 5.41) is 0. The monoisotopic (exact) mass is 432 g/mol. The molecule has 32 heavy (non-hydrogen) atoms. The first-order chi connectivity index (χ1) is 15.7. The van der Waals surface area contributed by atoms with Crippen molar-refractivity contribution in [1.29, 1.82) is 0 Å². The number of hydrogen-bond acceptors (Lipinski definition) is 4. The van der Waals surface area contributed by atoms with Crippen molar-refractivity contribution in [3.05, 3.63) is 66.0 Å². The van der Waals surface area contributed by atoms with Crippen LogP contribution in [0.25, 0.3) is 11.0 Å². The van der Waals surface area contributed by atoms with Crippen LogP contribution in [0.15, 0.2) is 54.6 Å². The number of rotatable bonds is 6. The molecule has 2 amide bonds. The fourth-order valence-corrected chi connectivity index (χ4v) is 4.86. The highest BCUT2D eigenvalue weighted by atomic mass is 16.6. The standard InChI is InChI=1S/C25H28N4O3/c30-24(11-10-23-26-21-8-4-5-9-22(21)27-23)28-14-12-19(13-15-28)29-20(17-32-25(29)31)16-18-6-2-1-3-7-18/h1-9,19-20H,10-17H2,(H,26,27). The lowest BCUT2D eigenvalue weighted by Gasteiger charge is -2.38. The van der Waals surface area contributed by atoms with Gasteiger partial charge < -0.3 is 14.6 Å². The molecule has 0 saturated carbocycles. The predicted molar refractivity (Wildman–Crippen MR) is 121 cm³/mol. The van der Waals surface area contributed by atoms with Gasteiger partial charge in [-0.1, -0.05) is 42.5 Å². The summed E-state index contributed by atoms with van der Waals surface area (Å²) in [6.45, 7) is 1.78. The smallest absolute Gasteiger partial charge is 0.410 e. The van der Waals surface area contributed by atoms with Gasteiger partial charge in [-0.15, -0.1) is 0 Å². The number of para-hydroxylation sites is 2. The number of fused-ring (bicyclic) bond motifs is 1. The summed E-state index contributed by atoms with van der Waals surface area (Å²) in [5.41, 5.74) is 3.13. The van der Waals surface area contributed by atoms with Crippen LogP contribution in [0.4, 0.5) is 4.79 Å². The number of amides is 2. The number of ether oxygens (including phenoxy) is 1. The van der Waals surface area contributed by atoms with Crippen LogP contribution < -0.4 is 0 Å². The lowest BCUT2D eigenvalue weighted by Crippen LogP contribution is -2.50. The van der Waals surface area contributed by atoms with Gasteiger partial charge in [0.25, 0.3) is 0 Å². The Balaban J connectivity index is 1.14. The van der Waals surface area contributed by atoms with Gasteiger partial charge in [0.05, 0.1) is 17.1 Å². The van der Waals surface area contributed by atoms with Gasteiger partial charge in [-0.05, 0) is 37.0 Å². The van der Waals surface area contributed by atoms with Crippen LogP contribution in [-0.4, -0.2) is 63.5 Å². The van der Waals surface area contributed by atoms with Crippen molar-refractivity contribution in [1.82, 2.24) is 19.8 Å². The van der Waals surface area contributed by atoms with Gasteiger partial charge in [-0.25, -0.2) is 9.78 Å². The summed E-state index contributed by atoms with van der Waals surface area (Å²) in [7, 11) is 0. The Morgan fingerprint density at radius 1 is 1.06 bits per heavy atom. The van der Waals surface area contributed by atoms with Crippen LogP contribution >= 0.6 is 0 Å². The molecule has 3 heterocycles. The Hall–Kier alpha value is -3.35. The highest BCUT2D eigenvalue weighted by Gasteiger charge is 2.39. The molecular formula is C25H28N4O3. The van der Waals surface area contributed by atoms with Gasteiger partial charge in [0, 0.05) is 32.0 Å². The largest absolute Gasteiger partial charge is 0.447 e. The molecule has 1 atom stereocenters. The zero-order valence-electron chi connectivity index (χ0n) is 18.1. The summed E-state index contributed by atoms with van der Waals surface area (Å²) >= 11 is 0. The summed E-state index contributed by atoms with van der Waals surface area (Å²) in [6.07, 6.45) is 3.19. The molecule has 2 fully saturated rings. The number of nitrogens with one attached hydrogen (secondary N) is 1. The maximum atomic E-state index is 12.8. The third-order valence-corrected chi connectivity index (χ3v) is 6.54. The number of carbonyl (C=O) groups is 2. The molecule has 7 nitrogen and oxygen atoms in total. The van der Waals surface area contributed by atoms with E-state index in [9.17, 15) is 9.59 Å². The van der Waals surface area contributed by atoms with Crippen molar-refractivity contribution in [3.8, 4) is 0 Å². The number of aryl methyl sites for hydroxylation is 1. The minimum absolute atomic E-state index is 0.0604. The predicted octanol–water partition coefficient (Wildman–Crippen LogP) is 3.55. The highest BCUT2D eigenvalue weighted by molar-refractivity contribution is 5.77. The van der Waals surface area contributed by atoms with Gasteiger partial charge in [-0.3, -0.25) is 9.69 Å². The van der Waals surface area contributed by atoms with Crippen molar-refractivity contribution in [2.75, 3.05) is 19.7 Å². The van der Waals surface area contributed by atoms with Gasteiger partial charge in [0.2, 0.25) is 5.91 Å². The molecule has 2 aliphatic heterocycles. The van der Waals surface area contributed by atoms with E-state index in [-0.39, 0.29) is 24.1 Å². The molecule has 3 aromatic rings. The number of piperidine rings is 1. The molecule has 1 unspecified atom stereocenters. The molecule has 7 heteroatoms. The SMILES string of the molecule is O=C(CCc1nc2ccccc2[nH]1)N1CCC(N2C(=O)OCC2Cc2ccccc2)CC1. The average molecular weight is 433 g/mol. The second-order valence-corrected chi connectivity index (χ2v) is 8.64. The van der Waals surface area contributed by atoms with Crippen molar-refractivity contribution in [2.24, 2.45) is 0 Å². The van der Waals surface area contributed by atoms with Gasteiger partial charge in [0.1, 0.15) is 12.4 Å². The molecule has 0 bridgehead atoms. The van der Waals surface area contributed by atoms with Crippen LogP contribution in [0.1, 0.15) is 30.7 Å². The fourth-order valence-electron chi connectivity index (χ4n) is 4.86. The molecule has 5 rings (SSSR count). The number of hydrogen-bond donors (Lipinski definition) is 1. The number of likely N-dealkylation sites (tertiary alicyclic amines) is 1. The summed E-state index contributed by atoms with van der Waals surface area (Å²) in [4.78, 5) is 36.9. The Bertz CT molecular complexity index is 1060. The summed E-state index contributed by atoms with van der Waals surface area (Å²) in [5.74, 6) is 0.992. The van der Waals surface area contributed by atoms with E-state index >= 15 is 0 Å². The van der Waals surface area contributed by atoms with Gasteiger partial charge in [0.15, 0.2) is 0 Å². The van der Waals surface area contributed by atoms with Crippen LogP contribution in [0.2, 0.25) is 0 Å². The normalized spacial score (nSPS) is 19.5. The van der Waals surface area contributed by atoms with Crippen molar-refractivity contribution >= 4 is 23.0 Å². The highest BCUT2D eigenvalue weighted by Crippen LogP contribution is 2.26. The van der Waals surface area contributed by atoms with Crippen molar-refractivity contribution in [3.63, 3.8) is 0 Å². The Labute approximate surface area is 187 Å². The number of H-pyrrole nitrogens is 1. The van der Waals surface area contributed by atoms with E-state index in [4.69, 9.17) is 4.74 Å². The molecule has 0 spiro atoms. The van der Waals surface area contributed by atoms with Gasteiger partial charge in [-0.2, -0.15) is 0 Å². The van der Waals surface area contributed by atoms with Crippen LogP contribution in [0, 0.1) is 0 Å². The molecular weight excluding hydrogens is 404 g/mol. The van der Waals surface area contributed by atoms with Crippen molar-refractivity contribution < 1.29 is 14.3 Å². The topological polar surface area (TPSA) is 78.5 Å². The Morgan fingerprint density at radius 3 is 2.59 bits per heavy atom. The quantitative estimate of drug-likeness (QED) is 0.646. The van der Waals surface area contributed by atoms with E-state index in [1.807, 2.05) is 52.3 Å². The third-order valence-electron chi connectivity index (χ3n) is 6.54. The summed E-state index contributed by atoms with van der Waals surface area (Å²) in [6, 6.07) is 18.3. The second-order valence-electron chi connectivity index (χ2n) is 8.64. The lowest BCUT2D eigenvalue weighted by atomic mass is 9.99. The number of cyclic esters (lactones) is 1. The molecule has 0 radical (unpaired) electrons. The first kappa shape index (κ1) is 20.5. The maximum absolute atomic E-state index is 12.8. The molecule has 166 valence electrons. The average Bonchev–Trinajstić information content (AvgIpc) is 3.41. The lowest BCUT2D eigenvalue weighted by molar-refractivity contribution is -0.132. The van der Waals surface area contributed by atoms with E-state index < -0.39 is 0 Å². The third kappa shape index (κ3) is 4.33. The van der Waals surface area contributed by atoms with Crippen LogP contribution in [0.5, 0.6) is 0 Å². The zero-order chi connectivity index (χ0) is 21.9. The fraction of sp³-hybridized carbons (Fsp3) is 0.400. The van der Waals surface area contributed by atoms with E-state index in [0.717, 1.165) is 36.1 Å².